The third-order valence-corrected chi connectivity index (χ3v) is 2.89. The smallest absolute Gasteiger partial charge is 0.271 e. The summed E-state index contributed by atoms with van der Waals surface area (Å²) in [6.07, 6.45) is 3.88. The first-order chi connectivity index (χ1) is 10.2. The predicted octanol–water partition coefficient (Wildman–Crippen LogP) is 2.69. The van der Waals surface area contributed by atoms with E-state index >= 15 is 0 Å². The number of carbonyl (C=O) groups excluding carboxylic acids is 1. The largest absolute Gasteiger partial charge is 0.398 e. The van der Waals surface area contributed by atoms with Crippen molar-refractivity contribution in [2.24, 2.45) is 10.9 Å². The number of benzene rings is 2. The maximum atomic E-state index is 11.5. The molecule has 106 valence electrons. The first-order valence-corrected chi connectivity index (χ1v) is 6.46. The Balaban J connectivity index is 2.39. The number of oxime groups is 1. The van der Waals surface area contributed by atoms with Crippen LogP contribution in [0.1, 0.15) is 16.7 Å². The predicted molar refractivity (Wildman–Crippen MR) is 84.6 cm³/mol. The van der Waals surface area contributed by atoms with Gasteiger partial charge in [0.1, 0.15) is 7.11 Å². The average Bonchev–Trinajstić information content (AvgIpc) is 2.52. The van der Waals surface area contributed by atoms with Gasteiger partial charge in [-0.1, -0.05) is 71.9 Å². The number of nitrogens with zero attached hydrogens (tertiary/aromatic N) is 1. The fourth-order valence-corrected chi connectivity index (χ4v) is 1.93. The van der Waals surface area contributed by atoms with Gasteiger partial charge in [0, 0.05) is 5.56 Å². The highest BCUT2D eigenvalue weighted by molar-refractivity contribution is 6.45. The monoisotopic (exact) mass is 280 g/mol. The lowest BCUT2D eigenvalue weighted by Gasteiger charge is -2.06. The summed E-state index contributed by atoms with van der Waals surface area (Å²) in [5, 5.41) is 3.72. The van der Waals surface area contributed by atoms with Crippen LogP contribution in [0.5, 0.6) is 0 Å². The van der Waals surface area contributed by atoms with E-state index in [2.05, 4.69) is 5.16 Å². The summed E-state index contributed by atoms with van der Waals surface area (Å²) in [6, 6.07) is 17.3. The van der Waals surface area contributed by atoms with Gasteiger partial charge in [-0.3, -0.25) is 4.79 Å². The molecule has 0 aliphatic rings. The van der Waals surface area contributed by atoms with Crippen LogP contribution in [0, 0.1) is 0 Å². The fraction of sp³-hybridized carbons (Fsp3) is 0.0588. The standard InChI is InChI=1S/C17H16N2O2/c1-21-19-16(17(18)20)15-10-6-5-9-14(15)12-11-13-7-3-2-4-8-13/h2-12H,1H3,(H2,18,20)/b12-11+,19-16+. The Morgan fingerprint density at radius 2 is 1.71 bits per heavy atom. The van der Waals surface area contributed by atoms with E-state index in [-0.39, 0.29) is 5.71 Å². The normalized spacial score (nSPS) is 11.6. The van der Waals surface area contributed by atoms with Gasteiger partial charge in [-0.2, -0.15) is 0 Å². The molecule has 2 aromatic rings. The van der Waals surface area contributed by atoms with Crippen molar-refractivity contribution in [1.29, 1.82) is 0 Å². The van der Waals surface area contributed by atoms with Crippen LogP contribution in [0.15, 0.2) is 59.8 Å². The topological polar surface area (TPSA) is 64.7 Å². The quantitative estimate of drug-likeness (QED) is 0.520. The lowest BCUT2D eigenvalue weighted by atomic mass is 10.0. The third kappa shape index (κ3) is 3.79. The maximum Gasteiger partial charge on any atom is 0.271 e. The van der Waals surface area contributed by atoms with E-state index in [9.17, 15) is 4.79 Å². The van der Waals surface area contributed by atoms with Crippen molar-refractivity contribution in [2.75, 3.05) is 7.11 Å². The molecule has 0 radical (unpaired) electrons. The van der Waals surface area contributed by atoms with E-state index < -0.39 is 5.91 Å². The van der Waals surface area contributed by atoms with Crippen LogP contribution >= 0.6 is 0 Å². The summed E-state index contributed by atoms with van der Waals surface area (Å²) < 4.78 is 0. The Hall–Kier alpha value is -2.88. The third-order valence-electron chi connectivity index (χ3n) is 2.89. The van der Waals surface area contributed by atoms with E-state index in [1.54, 1.807) is 6.07 Å². The number of hydrogen-bond acceptors (Lipinski definition) is 3. The van der Waals surface area contributed by atoms with Crippen molar-refractivity contribution in [3.63, 3.8) is 0 Å². The van der Waals surface area contributed by atoms with Crippen LogP contribution in [0.25, 0.3) is 12.2 Å². The summed E-state index contributed by atoms with van der Waals surface area (Å²) in [4.78, 5) is 16.2. The Morgan fingerprint density at radius 3 is 2.38 bits per heavy atom. The maximum absolute atomic E-state index is 11.5. The molecule has 21 heavy (non-hydrogen) atoms. The van der Waals surface area contributed by atoms with E-state index in [1.807, 2.05) is 60.7 Å². The molecule has 4 nitrogen and oxygen atoms in total. The number of nitrogens with two attached hydrogens (primary N) is 1. The zero-order valence-corrected chi connectivity index (χ0v) is 11.7. The minimum Gasteiger partial charge on any atom is -0.398 e. The minimum absolute atomic E-state index is 0.103. The second-order valence-electron chi connectivity index (χ2n) is 4.32. The van der Waals surface area contributed by atoms with E-state index in [4.69, 9.17) is 10.6 Å². The zero-order valence-electron chi connectivity index (χ0n) is 11.7. The lowest BCUT2D eigenvalue weighted by Crippen LogP contribution is -2.25. The second-order valence-corrected chi connectivity index (χ2v) is 4.32. The second kappa shape index (κ2) is 7.05. The summed E-state index contributed by atoms with van der Waals surface area (Å²) in [5.41, 5.74) is 8.01. The highest BCUT2D eigenvalue weighted by Gasteiger charge is 2.13. The minimum atomic E-state index is -0.627. The van der Waals surface area contributed by atoms with Crippen LogP contribution in [0.3, 0.4) is 0 Å². The fourth-order valence-electron chi connectivity index (χ4n) is 1.93. The molecule has 0 aliphatic heterocycles. The number of rotatable bonds is 5. The van der Waals surface area contributed by atoms with Crippen LogP contribution < -0.4 is 5.73 Å². The Labute approximate surface area is 123 Å². The molecule has 4 heteroatoms. The molecule has 0 saturated heterocycles. The summed E-state index contributed by atoms with van der Waals surface area (Å²) in [7, 11) is 1.38. The van der Waals surface area contributed by atoms with E-state index in [0.717, 1.165) is 11.1 Å². The molecule has 0 aromatic heterocycles. The number of primary amides is 1. The van der Waals surface area contributed by atoms with Crippen LogP contribution in [0.4, 0.5) is 0 Å². The Morgan fingerprint density at radius 1 is 1.05 bits per heavy atom. The van der Waals surface area contributed by atoms with Gasteiger partial charge in [0.05, 0.1) is 0 Å². The van der Waals surface area contributed by atoms with Gasteiger partial charge in [0.2, 0.25) is 0 Å². The molecule has 1 amide bonds. The first-order valence-electron chi connectivity index (χ1n) is 6.46. The highest BCUT2D eigenvalue weighted by atomic mass is 16.6. The molecule has 0 unspecified atom stereocenters. The van der Waals surface area contributed by atoms with Gasteiger partial charge in [-0.05, 0) is 11.1 Å². The molecule has 2 rings (SSSR count). The molecule has 2 aromatic carbocycles. The van der Waals surface area contributed by atoms with Gasteiger partial charge in [0.15, 0.2) is 5.71 Å². The molecular weight excluding hydrogens is 264 g/mol. The number of hydrogen-bond donors (Lipinski definition) is 1. The molecule has 0 heterocycles. The molecule has 0 aliphatic carbocycles. The van der Waals surface area contributed by atoms with Gasteiger partial charge in [0.25, 0.3) is 5.91 Å². The zero-order chi connectivity index (χ0) is 15.1. The van der Waals surface area contributed by atoms with E-state index in [1.165, 1.54) is 7.11 Å². The molecule has 0 saturated carbocycles. The molecule has 2 N–H and O–H groups in total. The summed E-state index contributed by atoms with van der Waals surface area (Å²) in [5.74, 6) is -0.627. The SMILES string of the molecule is CO/N=C(/C(N)=O)c1ccccc1/C=C/c1ccccc1. The molecule has 0 bridgehead atoms. The molecule has 0 atom stereocenters. The van der Waals surface area contributed by atoms with Crippen molar-refractivity contribution < 1.29 is 9.63 Å². The highest BCUT2D eigenvalue weighted by Crippen LogP contribution is 2.14. The Kier molecular flexibility index (Phi) is 4.88. The summed E-state index contributed by atoms with van der Waals surface area (Å²) in [6.45, 7) is 0. The first kappa shape index (κ1) is 14.5. The van der Waals surface area contributed by atoms with Crippen molar-refractivity contribution in [3.8, 4) is 0 Å². The Bertz CT molecular complexity index is 676. The van der Waals surface area contributed by atoms with Crippen LogP contribution in [0.2, 0.25) is 0 Å². The average molecular weight is 280 g/mol. The summed E-state index contributed by atoms with van der Waals surface area (Å²) >= 11 is 0. The molecule has 0 spiro atoms. The van der Waals surface area contributed by atoms with Crippen molar-refractivity contribution >= 4 is 23.8 Å². The van der Waals surface area contributed by atoms with Gasteiger partial charge in [-0.25, -0.2) is 0 Å². The van der Waals surface area contributed by atoms with Gasteiger partial charge >= 0.3 is 0 Å². The van der Waals surface area contributed by atoms with Crippen molar-refractivity contribution in [3.05, 3.63) is 71.3 Å². The van der Waals surface area contributed by atoms with Crippen LogP contribution in [-0.4, -0.2) is 18.7 Å². The van der Waals surface area contributed by atoms with Crippen molar-refractivity contribution in [2.45, 2.75) is 0 Å². The van der Waals surface area contributed by atoms with Crippen molar-refractivity contribution in [1.82, 2.24) is 0 Å². The van der Waals surface area contributed by atoms with E-state index in [0.29, 0.717) is 5.56 Å². The number of amides is 1. The van der Waals surface area contributed by atoms with Gasteiger partial charge in [-0.15, -0.1) is 0 Å². The molecule has 0 fully saturated rings. The van der Waals surface area contributed by atoms with Crippen LogP contribution in [-0.2, 0) is 9.63 Å². The number of carbonyl (C=O) groups is 1. The molecular formula is C17H16N2O2. The lowest BCUT2D eigenvalue weighted by molar-refractivity contribution is -0.112. The van der Waals surface area contributed by atoms with Gasteiger partial charge < -0.3 is 10.6 Å².